The van der Waals surface area contributed by atoms with Gasteiger partial charge in [-0.1, -0.05) is 18.2 Å². The van der Waals surface area contributed by atoms with Crippen LogP contribution in [0.1, 0.15) is 19.3 Å². The number of nitrogens with one attached hydrogen (secondary N) is 1. The molecular formula is C13H18BN2O5S. The van der Waals surface area contributed by atoms with E-state index in [9.17, 15) is 18.0 Å². The van der Waals surface area contributed by atoms with Gasteiger partial charge in [0, 0.05) is 25.7 Å². The summed E-state index contributed by atoms with van der Waals surface area (Å²) in [5.74, 6) is -1.65. The molecule has 1 rings (SSSR count). The van der Waals surface area contributed by atoms with Crippen molar-refractivity contribution in [3.05, 3.63) is 30.3 Å². The van der Waals surface area contributed by atoms with E-state index in [0.29, 0.717) is 25.1 Å². The van der Waals surface area contributed by atoms with E-state index in [2.05, 4.69) is 5.32 Å². The van der Waals surface area contributed by atoms with Gasteiger partial charge in [-0.3, -0.25) is 9.59 Å². The highest BCUT2D eigenvalue weighted by Gasteiger charge is 2.25. The van der Waals surface area contributed by atoms with Crippen LogP contribution in [-0.2, 0) is 14.7 Å². The normalized spacial score (nSPS) is 11.2. The number of carbonyl (C=O) groups is 2. The van der Waals surface area contributed by atoms with Gasteiger partial charge in [-0.05, 0) is 25.0 Å². The van der Waals surface area contributed by atoms with Crippen LogP contribution in [0.2, 0.25) is 0 Å². The van der Waals surface area contributed by atoms with Crippen molar-refractivity contribution in [3.63, 3.8) is 0 Å². The molecule has 0 aliphatic rings. The van der Waals surface area contributed by atoms with E-state index in [1.54, 1.807) is 30.3 Å². The molecule has 0 aliphatic heterocycles. The molecule has 0 unspecified atom stereocenters. The first-order valence-corrected chi connectivity index (χ1v) is 8.20. The summed E-state index contributed by atoms with van der Waals surface area (Å²) in [6.07, 6.45) is 0.785. The maximum atomic E-state index is 12.0. The summed E-state index contributed by atoms with van der Waals surface area (Å²) in [6.45, 7) is 0.780. The summed E-state index contributed by atoms with van der Waals surface area (Å²) in [4.78, 5) is 22.1. The number of carbonyl (C=O) groups excluding carboxylic acids is 1. The van der Waals surface area contributed by atoms with Gasteiger partial charge in [0.15, 0.2) is 15.7 Å². The van der Waals surface area contributed by atoms with Crippen molar-refractivity contribution in [2.75, 3.05) is 18.9 Å². The van der Waals surface area contributed by atoms with E-state index < -0.39 is 21.7 Å². The minimum absolute atomic E-state index is 0.00784. The molecule has 9 heteroatoms. The first kappa shape index (κ1) is 18.2. The molecule has 1 aromatic carbocycles. The van der Waals surface area contributed by atoms with E-state index in [1.165, 1.54) is 7.05 Å². The second-order valence-electron chi connectivity index (χ2n) is 4.69. The van der Waals surface area contributed by atoms with Gasteiger partial charge < -0.3 is 10.4 Å². The van der Waals surface area contributed by atoms with Crippen LogP contribution in [0.3, 0.4) is 0 Å². The van der Waals surface area contributed by atoms with Crippen LogP contribution in [0.15, 0.2) is 30.3 Å². The Morgan fingerprint density at radius 3 is 2.45 bits per heavy atom. The van der Waals surface area contributed by atoms with Crippen molar-refractivity contribution in [1.29, 1.82) is 0 Å². The average Bonchev–Trinajstić information content (AvgIpc) is 2.43. The fraction of sp³-hybridized carbons (Fsp3) is 0.385. The van der Waals surface area contributed by atoms with Crippen molar-refractivity contribution >= 4 is 33.9 Å². The third-order valence-electron chi connectivity index (χ3n) is 2.85. The van der Waals surface area contributed by atoms with Gasteiger partial charge in [-0.25, -0.2) is 12.7 Å². The lowest BCUT2D eigenvalue weighted by atomic mass is 10.1. The molecule has 0 aromatic heterocycles. The Bertz CT molecular complexity index is 606. The van der Waals surface area contributed by atoms with Crippen LogP contribution < -0.4 is 5.32 Å². The number of nitrogens with zero attached hydrogens (tertiary/aromatic N) is 1. The van der Waals surface area contributed by atoms with Crippen LogP contribution in [0.5, 0.6) is 0 Å². The van der Waals surface area contributed by atoms with Crippen molar-refractivity contribution in [1.82, 2.24) is 4.31 Å². The molecule has 0 bridgehead atoms. The molecule has 7 nitrogen and oxygen atoms in total. The van der Waals surface area contributed by atoms with Crippen molar-refractivity contribution in [2.45, 2.75) is 19.3 Å². The van der Waals surface area contributed by atoms with Crippen molar-refractivity contribution in [3.8, 4) is 0 Å². The monoisotopic (exact) mass is 325 g/mol. The summed E-state index contributed by atoms with van der Waals surface area (Å²) in [7, 11) is -2.48. The first-order valence-electron chi connectivity index (χ1n) is 6.70. The van der Waals surface area contributed by atoms with Crippen LogP contribution >= 0.6 is 0 Å². The van der Waals surface area contributed by atoms with Crippen molar-refractivity contribution in [2.24, 2.45) is 0 Å². The van der Waals surface area contributed by atoms with E-state index in [0.717, 1.165) is 4.31 Å². The largest absolute Gasteiger partial charge is 0.481 e. The Hall–Kier alpha value is -1.87. The lowest BCUT2D eigenvalue weighted by molar-refractivity contribution is -0.137. The summed E-state index contributed by atoms with van der Waals surface area (Å²) in [5.41, 5.74) is 0.503. The van der Waals surface area contributed by atoms with Gasteiger partial charge in [-0.15, -0.1) is 0 Å². The zero-order valence-corrected chi connectivity index (χ0v) is 13.0. The smallest absolute Gasteiger partial charge is 0.415 e. The molecule has 1 amide bonds. The number of hydrogen-bond acceptors (Lipinski definition) is 4. The molecule has 0 heterocycles. The number of aliphatic carboxylic acids is 1. The number of hydrogen-bond donors (Lipinski definition) is 2. The van der Waals surface area contributed by atoms with E-state index in [-0.39, 0.29) is 13.0 Å². The fourth-order valence-electron chi connectivity index (χ4n) is 1.66. The zero-order chi connectivity index (χ0) is 16.6. The highest BCUT2D eigenvalue weighted by Crippen LogP contribution is 2.07. The number of para-hydroxylation sites is 1. The third kappa shape index (κ3) is 6.73. The SMILES string of the molecule is CN(CCCCC(=O)O)S(=O)(=O)[B]C(=O)Nc1ccccc1. The molecule has 0 saturated heterocycles. The Morgan fingerprint density at radius 1 is 1.23 bits per heavy atom. The van der Waals surface area contributed by atoms with Gasteiger partial charge in [0.25, 0.3) is 0 Å². The lowest BCUT2D eigenvalue weighted by Crippen LogP contribution is -2.37. The predicted molar refractivity (Wildman–Crippen MR) is 84.3 cm³/mol. The maximum absolute atomic E-state index is 12.0. The zero-order valence-electron chi connectivity index (χ0n) is 12.2. The van der Waals surface area contributed by atoms with E-state index in [1.807, 2.05) is 0 Å². The van der Waals surface area contributed by atoms with E-state index >= 15 is 0 Å². The standard InChI is InChI=1S/C13H18BN2O5S/c1-16(10-6-5-9-12(17)18)22(20,21)14-13(19)15-11-7-3-2-4-8-11/h2-4,7-8H,5-6,9-10H2,1H3,(H,15,19)(H,17,18). The molecule has 0 saturated carbocycles. The number of amides is 1. The topological polar surface area (TPSA) is 104 Å². The van der Waals surface area contributed by atoms with Crippen LogP contribution in [-0.4, -0.2) is 49.8 Å². The van der Waals surface area contributed by atoms with Gasteiger partial charge in [0.1, 0.15) is 0 Å². The van der Waals surface area contributed by atoms with E-state index in [4.69, 9.17) is 5.11 Å². The second-order valence-corrected chi connectivity index (χ2v) is 6.58. The van der Waals surface area contributed by atoms with Crippen molar-refractivity contribution < 1.29 is 23.1 Å². The third-order valence-corrected chi connectivity index (χ3v) is 4.41. The van der Waals surface area contributed by atoms with Gasteiger partial charge >= 0.3 is 12.5 Å². The Kier molecular flexibility index (Phi) is 7.06. The van der Waals surface area contributed by atoms with Crippen LogP contribution in [0.4, 0.5) is 10.5 Å². The second kappa shape index (κ2) is 8.55. The molecule has 22 heavy (non-hydrogen) atoms. The Morgan fingerprint density at radius 2 is 1.86 bits per heavy atom. The summed E-state index contributed by atoms with van der Waals surface area (Å²) < 4.78 is 24.9. The number of carboxylic acids is 1. The molecule has 1 aromatic rings. The molecule has 0 spiro atoms. The van der Waals surface area contributed by atoms with Crippen LogP contribution in [0, 0.1) is 0 Å². The number of carboxylic acid groups (broad SMARTS) is 1. The number of unbranched alkanes of at least 4 members (excludes halogenated alkanes) is 1. The summed E-state index contributed by atoms with van der Waals surface area (Å²) in [6, 6.07) is 8.51. The first-order chi connectivity index (χ1) is 10.3. The summed E-state index contributed by atoms with van der Waals surface area (Å²) >= 11 is 0. The van der Waals surface area contributed by atoms with Gasteiger partial charge in [0.2, 0.25) is 0 Å². The molecule has 2 N–H and O–H groups in total. The molecule has 0 fully saturated rings. The lowest BCUT2D eigenvalue weighted by Gasteiger charge is -2.16. The average molecular weight is 325 g/mol. The maximum Gasteiger partial charge on any atom is 0.415 e. The van der Waals surface area contributed by atoms with Crippen LogP contribution in [0.25, 0.3) is 0 Å². The highest BCUT2D eigenvalue weighted by molar-refractivity contribution is 8.16. The number of anilines is 1. The Labute approximate surface area is 130 Å². The number of benzene rings is 1. The number of rotatable bonds is 9. The predicted octanol–water partition coefficient (Wildman–Crippen LogP) is 1.35. The highest BCUT2D eigenvalue weighted by atomic mass is 32.2. The molecular weight excluding hydrogens is 307 g/mol. The minimum atomic E-state index is -3.83. The molecule has 0 aliphatic carbocycles. The quantitative estimate of drug-likeness (QED) is 0.527. The van der Waals surface area contributed by atoms with Gasteiger partial charge in [0.05, 0.1) is 0 Å². The summed E-state index contributed by atoms with van der Waals surface area (Å²) in [5, 5.41) is 11.0. The Balaban J connectivity index is 2.44. The van der Waals surface area contributed by atoms with Gasteiger partial charge in [-0.2, -0.15) is 0 Å². The molecule has 0 atom stereocenters. The molecule has 119 valence electrons. The molecule has 1 radical (unpaired) electrons. The fourth-order valence-corrected chi connectivity index (χ4v) is 2.55. The minimum Gasteiger partial charge on any atom is -0.481 e.